The molecule has 1 saturated heterocycles. The molecule has 0 bridgehead atoms. The molecule has 0 saturated carbocycles. The Morgan fingerprint density at radius 2 is 1.96 bits per heavy atom. The number of para-hydroxylation sites is 1. The Morgan fingerprint density at radius 3 is 2.67 bits per heavy atom. The van der Waals surface area contributed by atoms with E-state index in [-0.39, 0.29) is 6.23 Å². The molecule has 0 spiro atoms. The second-order valence-electron chi connectivity index (χ2n) is 6.63. The van der Waals surface area contributed by atoms with E-state index in [0.29, 0.717) is 18.6 Å². The van der Waals surface area contributed by atoms with Crippen molar-refractivity contribution in [1.82, 2.24) is 19.9 Å². The molecule has 132 valence electrons. The molecule has 1 fully saturated rings. The van der Waals surface area contributed by atoms with Gasteiger partial charge < -0.3 is 9.47 Å². The summed E-state index contributed by atoms with van der Waals surface area (Å²) in [5.74, 6) is 0.542. The minimum atomic E-state index is -0.0994. The fourth-order valence-corrected chi connectivity index (χ4v) is 3.49. The Bertz CT molecular complexity index is 637. The average Bonchev–Trinajstić information content (AvgIpc) is 3.03. The van der Waals surface area contributed by atoms with Gasteiger partial charge in [0.15, 0.2) is 6.23 Å². The smallest absolute Gasteiger partial charge is 0.154 e. The molecule has 2 aromatic rings. The SMILES string of the molecule is CCO[C@H](C[C@@H](C(C)C)N1CCOCC1)n1nnc2ccccc21. The number of hydrogen-bond acceptors (Lipinski definition) is 5. The van der Waals surface area contributed by atoms with Crippen LogP contribution in [0.15, 0.2) is 24.3 Å². The van der Waals surface area contributed by atoms with Gasteiger partial charge in [0.2, 0.25) is 0 Å². The van der Waals surface area contributed by atoms with E-state index >= 15 is 0 Å². The van der Waals surface area contributed by atoms with Crippen LogP contribution < -0.4 is 0 Å². The number of morpholine rings is 1. The lowest BCUT2D eigenvalue weighted by Gasteiger charge is -2.38. The summed E-state index contributed by atoms with van der Waals surface area (Å²) in [7, 11) is 0. The van der Waals surface area contributed by atoms with Crippen molar-refractivity contribution < 1.29 is 9.47 Å². The molecule has 1 aliphatic rings. The molecule has 1 aromatic carbocycles. The van der Waals surface area contributed by atoms with E-state index in [4.69, 9.17) is 9.47 Å². The lowest BCUT2D eigenvalue weighted by atomic mass is 9.97. The minimum Gasteiger partial charge on any atom is -0.379 e. The Kier molecular flexibility index (Phi) is 5.81. The lowest BCUT2D eigenvalue weighted by molar-refractivity contribution is -0.0482. The summed E-state index contributed by atoms with van der Waals surface area (Å²) in [4.78, 5) is 2.53. The second-order valence-corrected chi connectivity index (χ2v) is 6.63. The molecule has 6 nitrogen and oxygen atoms in total. The molecular weight excluding hydrogens is 304 g/mol. The second kappa shape index (κ2) is 8.05. The third-order valence-electron chi connectivity index (χ3n) is 4.74. The Hall–Kier alpha value is -1.50. The van der Waals surface area contributed by atoms with E-state index in [0.717, 1.165) is 43.8 Å². The maximum absolute atomic E-state index is 6.07. The van der Waals surface area contributed by atoms with Crippen molar-refractivity contribution in [2.75, 3.05) is 32.9 Å². The average molecular weight is 332 g/mol. The summed E-state index contributed by atoms with van der Waals surface area (Å²) in [5, 5.41) is 8.66. The number of hydrogen-bond donors (Lipinski definition) is 0. The predicted octanol–water partition coefficient (Wildman–Crippen LogP) is 2.71. The van der Waals surface area contributed by atoms with E-state index in [1.807, 2.05) is 29.8 Å². The highest BCUT2D eigenvalue weighted by Gasteiger charge is 2.28. The van der Waals surface area contributed by atoms with Gasteiger partial charge in [0.05, 0.1) is 18.7 Å². The van der Waals surface area contributed by atoms with Crippen LogP contribution in [0.5, 0.6) is 0 Å². The molecule has 0 unspecified atom stereocenters. The van der Waals surface area contributed by atoms with Crippen molar-refractivity contribution in [3.8, 4) is 0 Å². The standard InChI is InChI=1S/C18H28N4O2/c1-4-24-18(22-16-8-6-5-7-15(16)19-20-22)13-17(14(2)3)21-9-11-23-12-10-21/h5-8,14,17-18H,4,9-13H2,1-3H3/t17-,18+/m0/s1. The first kappa shape index (κ1) is 17.3. The largest absolute Gasteiger partial charge is 0.379 e. The quantitative estimate of drug-likeness (QED) is 0.780. The Balaban J connectivity index is 1.83. The van der Waals surface area contributed by atoms with Gasteiger partial charge in [-0.1, -0.05) is 31.2 Å². The molecule has 0 radical (unpaired) electrons. The van der Waals surface area contributed by atoms with Gasteiger partial charge in [0, 0.05) is 32.2 Å². The number of rotatable bonds is 7. The number of ether oxygens (including phenoxy) is 2. The molecule has 3 rings (SSSR count). The first-order valence-electron chi connectivity index (χ1n) is 8.94. The summed E-state index contributed by atoms with van der Waals surface area (Å²) in [6.45, 7) is 10.9. The van der Waals surface area contributed by atoms with Crippen LogP contribution in [-0.2, 0) is 9.47 Å². The van der Waals surface area contributed by atoms with Crippen molar-refractivity contribution in [3.63, 3.8) is 0 Å². The minimum absolute atomic E-state index is 0.0994. The topological polar surface area (TPSA) is 52.4 Å². The highest BCUT2D eigenvalue weighted by atomic mass is 16.5. The van der Waals surface area contributed by atoms with E-state index in [2.05, 4.69) is 35.1 Å². The van der Waals surface area contributed by atoms with Crippen molar-refractivity contribution in [2.24, 2.45) is 5.92 Å². The van der Waals surface area contributed by atoms with Gasteiger partial charge in [-0.3, -0.25) is 4.90 Å². The number of nitrogens with zero attached hydrogens (tertiary/aromatic N) is 4. The highest BCUT2D eigenvalue weighted by molar-refractivity contribution is 5.73. The zero-order valence-corrected chi connectivity index (χ0v) is 14.9. The van der Waals surface area contributed by atoms with Gasteiger partial charge in [-0.25, -0.2) is 4.68 Å². The van der Waals surface area contributed by atoms with Gasteiger partial charge in [0.1, 0.15) is 5.52 Å². The predicted molar refractivity (Wildman–Crippen MR) is 93.8 cm³/mol. The van der Waals surface area contributed by atoms with Crippen LogP contribution >= 0.6 is 0 Å². The number of fused-ring (bicyclic) bond motifs is 1. The van der Waals surface area contributed by atoms with Crippen LogP contribution in [0.3, 0.4) is 0 Å². The summed E-state index contributed by atoms with van der Waals surface area (Å²) in [6, 6.07) is 8.49. The molecule has 6 heteroatoms. The molecular formula is C18H28N4O2. The zero-order chi connectivity index (χ0) is 16.9. The Labute approximate surface area is 143 Å². The van der Waals surface area contributed by atoms with Crippen molar-refractivity contribution in [1.29, 1.82) is 0 Å². The summed E-state index contributed by atoms with van der Waals surface area (Å²) < 4.78 is 13.5. The van der Waals surface area contributed by atoms with Crippen molar-refractivity contribution in [3.05, 3.63) is 24.3 Å². The van der Waals surface area contributed by atoms with E-state index in [9.17, 15) is 0 Å². The van der Waals surface area contributed by atoms with Gasteiger partial charge in [-0.15, -0.1) is 5.10 Å². The highest BCUT2D eigenvalue weighted by Crippen LogP contribution is 2.26. The van der Waals surface area contributed by atoms with Crippen LogP contribution in [0.2, 0.25) is 0 Å². The van der Waals surface area contributed by atoms with Crippen LogP contribution in [0, 0.1) is 5.92 Å². The van der Waals surface area contributed by atoms with Crippen LogP contribution in [0.1, 0.15) is 33.4 Å². The molecule has 2 atom stereocenters. The first-order valence-corrected chi connectivity index (χ1v) is 8.94. The number of benzene rings is 1. The van der Waals surface area contributed by atoms with Crippen LogP contribution in [0.4, 0.5) is 0 Å². The maximum atomic E-state index is 6.07. The van der Waals surface area contributed by atoms with Crippen LogP contribution in [0.25, 0.3) is 11.0 Å². The van der Waals surface area contributed by atoms with E-state index in [1.54, 1.807) is 0 Å². The lowest BCUT2D eigenvalue weighted by Crippen LogP contribution is -2.47. The molecule has 0 amide bonds. The molecule has 24 heavy (non-hydrogen) atoms. The van der Waals surface area contributed by atoms with Gasteiger partial charge in [-0.05, 0) is 25.0 Å². The molecule has 1 aliphatic heterocycles. The fourth-order valence-electron chi connectivity index (χ4n) is 3.49. The normalized spacial score (nSPS) is 19.0. The zero-order valence-electron chi connectivity index (χ0n) is 14.9. The molecule has 0 aliphatic carbocycles. The third-order valence-corrected chi connectivity index (χ3v) is 4.74. The van der Waals surface area contributed by atoms with Crippen LogP contribution in [-0.4, -0.2) is 58.8 Å². The fraction of sp³-hybridized carbons (Fsp3) is 0.667. The summed E-state index contributed by atoms with van der Waals surface area (Å²) in [5.41, 5.74) is 1.94. The first-order chi connectivity index (χ1) is 11.7. The number of aromatic nitrogens is 3. The van der Waals surface area contributed by atoms with Gasteiger partial charge >= 0.3 is 0 Å². The van der Waals surface area contributed by atoms with E-state index in [1.165, 1.54) is 0 Å². The van der Waals surface area contributed by atoms with E-state index < -0.39 is 0 Å². The van der Waals surface area contributed by atoms with Gasteiger partial charge in [-0.2, -0.15) is 0 Å². The molecule has 2 heterocycles. The summed E-state index contributed by atoms with van der Waals surface area (Å²) >= 11 is 0. The van der Waals surface area contributed by atoms with Crippen molar-refractivity contribution >= 4 is 11.0 Å². The maximum Gasteiger partial charge on any atom is 0.154 e. The summed E-state index contributed by atoms with van der Waals surface area (Å²) in [6.07, 6.45) is 0.802. The third kappa shape index (κ3) is 3.77. The molecule has 1 aromatic heterocycles. The Morgan fingerprint density at radius 1 is 1.21 bits per heavy atom. The van der Waals surface area contributed by atoms with Gasteiger partial charge in [0.25, 0.3) is 0 Å². The van der Waals surface area contributed by atoms with Crippen molar-refractivity contribution in [2.45, 2.75) is 39.5 Å². The monoisotopic (exact) mass is 332 g/mol. The molecule has 0 N–H and O–H groups in total.